The maximum absolute atomic E-state index is 12.5. The van der Waals surface area contributed by atoms with Crippen molar-refractivity contribution >= 4 is 49.1 Å². The van der Waals surface area contributed by atoms with Gasteiger partial charge in [0, 0.05) is 23.4 Å². The molecule has 2 aromatic heterocycles. The molecule has 3 heterocycles. The molecule has 9 heteroatoms. The van der Waals surface area contributed by atoms with Gasteiger partial charge in [-0.25, -0.2) is 18.4 Å². The Morgan fingerprint density at radius 2 is 2.24 bits per heavy atom. The van der Waals surface area contributed by atoms with Crippen LogP contribution < -0.4 is 0 Å². The highest BCUT2D eigenvalue weighted by molar-refractivity contribution is 8.00. The van der Waals surface area contributed by atoms with Crippen LogP contribution >= 0.6 is 23.1 Å². The van der Waals surface area contributed by atoms with Crippen molar-refractivity contribution in [1.29, 1.82) is 0 Å². The van der Waals surface area contributed by atoms with E-state index in [1.54, 1.807) is 29.6 Å². The zero-order chi connectivity index (χ0) is 17.6. The number of hydrogen-bond acceptors (Lipinski definition) is 7. The molecule has 1 amide bonds. The van der Waals surface area contributed by atoms with E-state index in [1.165, 1.54) is 28.6 Å². The Morgan fingerprint density at radius 3 is 3.00 bits per heavy atom. The van der Waals surface area contributed by atoms with Gasteiger partial charge in [0.25, 0.3) is 0 Å². The summed E-state index contributed by atoms with van der Waals surface area (Å²) in [7, 11) is -1.29. The Kier molecular flexibility index (Phi) is 4.49. The number of aromatic nitrogens is 2. The Morgan fingerprint density at radius 1 is 1.40 bits per heavy atom. The molecule has 1 fully saturated rings. The SMILES string of the molecule is CN(C(=O)CSc1ncnc2sc3c(c12)CCC3)[C@H]1CCS(=O)(=O)C1. The average Bonchev–Trinajstić information content (AvgIpc) is 3.25. The van der Waals surface area contributed by atoms with Gasteiger partial charge >= 0.3 is 0 Å². The number of nitrogens with zero attached hydrogens (tertiary/aromatic N) is 3. The second kappa shape index (κ2) is 6.51. The first-order valence-electron chi connectivity index (χ1n) is 8.29. The summed E-state index contributed by atoms with van der Waals surface area (Å²) in [6.07, 6.45) is 5.44. The molecule has 1 atom stereocenters. The minimum Gasteiger partial charge on any atom is -0.341 e. The molecule has 0 unspecified atom stereocenters. The summed E-state index contributed by atoms with van der Waals surface area (Å²) in [6, 6.07) is -0.200. The van der Waals surface area contributed by atoms with E-state index in [2.05, 4.69) is 9.97 Å². The average molecular weight is 398 g/mol. The third-order valence-electron chi connectivity index (χ3n) is 4.95. The fraction of sp³-hybridized carbons (Fsp3) is 0.562. The fourth-order valence-corrected chi connectivity index (χ4v) is 7.54. The van der Waals surface area contributed by atoms with Crippen LogP contribution in [0.25, 0.3) is 10.2 Å². The van der Waals surface area contributed by atoms with Crippen molar-refractivity contribution in [3.05, 3.63) is 16.8 Å². The normalized spacial score (nSPS) is 21.6. The van der Waals surface area contributed by atoms with Crippen molar-refractivity contribution in [3.63, 3.8) is 0 Å². The third-order valence-corrected chi connectivity index (χ3v) is 8.87. The van der Waals surface area contributed by atoms with Crippen LogP contribution in [0.2, 0.25) is 0 Å². The van der Waals surface area contributed by atoms with Crippen LogP contribution in [0.5, 0.6) is 0 Å². The summed E-state index contributed by atoms with van der Waals surface area (Å²) in [5.74, 6) is 0.473. The monoisotopic (exact) mass is 397 g/mol. The van der Waals surface area contributed by atoms with E-state index in [0.717, 1.165) is 28.1 Å². The lowest BCUT2D eigenvalue weighted by molar-refractivity contribution is -0.128. The molecule has 0 N–H and O–H groups in total. The van der Waals surface area contributed by atoms with Crippen molar-refractivity contribution in [2.75, 3.05) is 24.3 Å². The summed E-state index contributed by atoms with van der Waals surface area (Å²) < 4.78 is 23.2. The molecular weight excluding hydrogens is 378 g/mol. The minimum absolute atomic E-state index is 0.0502. The molecule has 1 saturated heterocycles. The van der Waals surface area contributed by atoms with Gasteiger partial charge in [-0.2, -0.15) is 0 Å². The summed E-state index contributed by atoms with van der Waals surface area (Å²) in [5, 5.41) is 1.98. The van der Waals surface area contributed by atoms with Crippen molar-refractivity contribution in [2.24, 2.45) is 0 Å². The van der Waals surface area contributed by atoms with E-state index in [0.29, 0.717) is 6.42 Å². The fourth-order valence-electron chi connectivity index (χ4n) is 3.53. The minimum atomic E-state index is -2.99. The highest BCUT2D eigenvalue weighted by Crippen LogP contribution is 2.40. The second-order valence-corrected chi connectivity index (χ2v) is 10.8. The van der Waals surface area contributed by atoms with Crippen LogP contribution in [0.1, 0.15) is 23.3 Å². The number of amides is 1. The highest BCUT2D eigenvalue weighted by atomic mass is 32.2. The number of carbonyl (C=O) groups excluding carboxylic acids is 1. The number of hydrogen-bond donors (Lipinski definition) is 0. The smallest absolute Gasteiger partial charge is 0.233 e. The molecule has 1 aliphatic heterocycles. The zero-order valence-electron chi connectivity index (χ0n) is 13.9. The Labute approximate surface area is 155 Å². The van der Waals surface area contributed by atoms with Crippen LogP contribution in [-0.2, 0) is 27.5 Å². The van der Waals surface area contributed by atoms with Gasteiger partial charge in [-0.1, -0.05) is 11.8 Å². The summed E-state index contributed by atoms with van der Waals surface area (Å²) in [5.41, 5.74) is 1.35. The van der Waals surface area contributed by atoms with Gasteiger partial charge in [0.05, 0.1) is 17.3 Å². The molecule has 1 aliphatic carbocycles. The first-order chi connectivity index (χ1) is 11.9. The van der Waals surface area contributed by atoms with Gasteiger partial charge in [0.1, 0.15) is 16.2 Å². The van der Waals surface area contributed by atoms with E-state index in [-0.39, 0.29) is 29.2 Å². The number of rotatable bonds is 4. The van der Waals surface area contributed by atoms with Gasteiger partial charge in [-0.15, -0.1) is 11.3 Å². The highest BCUT2D eigenvalue weighted by Gasteiger charge is 2.32. The van der Waals surface area contributed by atoms with Gasteiger partial charge in [0.2, 0.25) is 5.91 Å². The second-order valence-electron chi connectivity index (χ2n) is 6.57. The van der Waals surface area contributed by atoms with Gasteiger partial charge in [-0.05, 0) is 31.2 Å². The molecule has 2 aromatic rings. The van der Waals surface area contributed by atoms with Crippen molar-refractivity contribution < 1.29 is 13.2 Å². The van der Waals surface area contributed by atoms with E-state index >= 15 is 0 Å². The third kappa shape index (κ3) is 3.29. The first kappa shape index (κ1) is 17.2. The summed E-state index contributed by atoms with van der Waals surface area (Å²) in [4.78, 5) is 25.3. The molecule has 2 aliphatic rings. The molecule has 6 nitrogen and oxygen atoms in total. The maximum atomic E-state index is 12.5. The predicted octanol–water partition coefficient (Wildman–Crippen LogP) is 1.92. The summed E-state index contributed by atoms with van der Waals surface area (Å²) in [6.45, 7) is 0. The molecule has 0 bridgehead atoms. The van der Waals surface area contributed by atoms with Crippen LogP contribution in [0.15, 0.2) is 11.4 Å². The molecule has 0 aromatic carbocycles. The van der Waals surface area contributed by atoms with Crippen molar-refractivity contribution in [2.45, 2.75) is 36.8 Å². The molecule has 0 radical (unpaired) electrons. The molecule has 134 valence electrons. The largest absolute Gasteiger partial charge is 0.341 e. The van der Waals surface area contributed by atoms with E-state index in [1.807, 2.05) is 0 Å². The zero-order valence-corrected chi connectivity index (χ0v) is 16.3. The maximum Gasteiger partial charge on any atom is 0.233 e. The van der Waals surface area contributed by atoms with E-state index in [9.17, 15) is 13.2 Å². The predicted molar refractivity (Wildman–Crippen MR) is 100.0 cm³/mol. The van der Waals surface area contributed by atoms with Gasteiger partial charge in [0.15, 0.2) is 9.84 Å². The van der Waals surface area contributed by atoms with Crippen LogP contribution in [0.3, 0.4) is 0 Å². The Bertz CT molecular complexity index is 939. The molecule has 0 saturated carbocycles. The van der Waals surface area contributed by atoms with Gasteiger partial charge in [-0.3, -0.25) is 4.79 Å². The quantitative estimate of drug-likeness (QED) is 0.579. The lowest BCUT2D eigenvalue weighted by atomic mass is 10.2. The van der Waals surface area contributed by atoms with Crippen molar-refractivity contribution in [1.82, 2.24) is 14.9 Å². The number of thioether (sulfide) groups is 1. The van der Waals surface area contributed by atoms with Gasteiger partial charge < -0.3 is 4.90 Å². The van der Waals surface area contributed by atoms with Crippen LogP contribution in [0, 0.1) is 0 Å². The number of sulfone groups is 1. The molecule has 4 rings (SSSR count). The number of thiophene rings is 1. The Balaban J connectivity index is 1.48. The number of aryl methyl sites for hydroxylation is 2. The Hall–Kier alpha value is -1.19. The summed E-state index contributed by atoms with van der Waals surface area (Å²) >= 11 is 3.17. The first-order valence-corrected chi connectivity index (χ1v) is 11.9. The molecule has 0 spiro atoms. The molecular formula is C16H19N3O3S3. The van der Waals surface area contributed by atoms with E-state index in [4.69, 9.17) is 0 Å². The number of carbonyl (C=O) groups is 1. The molecule has 25 heavy (non-hydrogen) atoms. The standard InChI is InChI=1S/C16H19N3O3S3/c1-19(10-5-6-25(21,22)8-10)13(20)7-23-15-14-11-3-2-4-12(11)24-16(14)18-9-17-15/h9-10H,2-8H2,1H3/t10-/m0/s1. The topological polar surface area (TPSA) is 80.2 Å². The lowest BCUT2D eigenvalue weighted by Crippen LogP contribution is -2.38. The lowest BCUT2D eigenvalue weighted by Gasteiger charge is -2.23. The van der Waals surface area contributed by atoms with Crippen LogP contribution in [-0.4, -0.2) is 59.5 Å². The van der Waals surface area contributed by atoms with Crippen molar-refractivity contribution in [3.8, 4) is 0 Å². The number of fused-ring (bicyclic) bond motifs is 3. The van der Waals surface area contributed by atoms with E-state index < -0.39 is 9.84 Å². The van der Waals surface area contributed by atoms with Crippen LogP contribution in [0.4, 0.5) is 0 Å².